The molecule has 1 N–H and O–H groups in total. The van der Waals surface area contributed by atoms with Gasteiger partial charge in [0.25, 0.3) is 5.91 Å². The van der Waals surface area contributed by atoms with Crippen molar-refractivity contribution in [1.29, 1.82) is 0 Å². The van der Waals surface area contributed by atoms with Crippen molar-refractivity contribution in [2.24, 2.45) is 0 Å². The van der Waals surface area contributed by atoms with Gasteiger partial charge in [-0.1, -0.05) is 30.3 Å². The molecule has 1 aliphatic carbocycles. The third-order valence-corrected chi connectivity index (χ3v) is 6.11. The molecular formula is C20H22N2O2S. The molecule has 1 fully saturated rings. The monoisotopic (exact) mass is 354 g/mol. The molecular weight excluding hydrogens is 332 g/mol. The van der Waals surface area contributed by atoms with Crippen molar-refractivity contribution in [3.8, 4) is 0 Å². The molecule has 1 aliphatic heterocycles. The topological polar surface area (TPSA) is 49.4 Å². The number of amides is 2. The highest BCUT2D eigenvalue weighted by Crippen LogP contribution is 2.31. The molecule has 4 nitrogen and oxygen atoms in total. The van der Waals surface area contributed by atoms with Gasteiger partial charge >= 0.3 is 0 Å². The van der Waals surface area contributed by atoms with Crippen molar-refractivity contribution in [3.63, 3.8) is 0 Å². The summed E-state index contributed by atoms with van der Waals surface area (Å²) >= 11 is 1.55. The van der Waals surface area contributed by atoms with Gasteiger partial charge in [0.15, 0.2) is 0 Å². The first-order chi connectivity index (χ1) is 12.2. The smallest absolute Gasteiger partial charge is 0.264 e. The number of hydrogen-bond acceptors (Lipinski definition) is 3. The normalized spacial score (nSPS) is 20.1. The van der Waals surface area contributed by atoms with Gasteiger partial charge < -0.3 is 10.2 Å². The zero-order chi connectivity index (χ0) is 17.2. The number of piperazine rings is 1. The van der Waals surface area contributed by atoms with E-state index in [-0.39, 0.29) is 24.4 Å². The Morgan fingerprint density at radius 1 is 1.20 bits per heavy atom. The molecule has 5 heteroatoms. The Morgan fingerprint density at radius 2 is 2.00 bits per heavy atom. The number of aryl methyl sites for hydroxylation is 1. The Bertz CT molecular complexity index is 784. The van der Waals surface area contributed by atoms with Crippen LogP contribution in [0.2, 0.25) is 0 Å². The van der Waals surface area contributed by atoms with Crippen LogP contribution in [0.25, 0.3) is 0 Å². The maximum Gasteiger partial charge on any atom is 0.264 e. The first kappa shape index (κ1) is 16.3. The minimum absolute atomic E-state index is 0.0246. The number of hydrogen-bond donors (Lipinski definition) is 1. The second-order valence-corrected chi connectivity index (χ2v) is 7.80. The average molecular weight is 354 g/mol. The second kappa shape index (κ2) is 7.00. The van der Waals surface area contributed by atoms with Gasteiger partial charge in [-0.2, -0.15) is 0 Å². The van der Waals surface area contributed by atoms with Gasteiger partial charge in [0.05, 0.1) is 17.5 Å². The van der Waals surface area contributed by atoms with Crippen LogP contribution in [-0.4, -0.2) is 35.8 Å². The molecule has 0 radical (unpaired) electrons. The fourth-order valence-electron chi connectivity index (χ4n) is 3.83. The second-order valence-electron chi connectivity index (χ2n) is 6.92. The number of benzene rings is 1. The fraction of sp³-hybridized carbons (Fsp3) is 0.400. The quantitative estimate of drug-likeness (QED) is 0.921. The van der Waals surface area contributed by atoms with Gasteiger partial charge in [-0.3, -0.25) is 9.59 Å². The Morgan fingerprint density at radius 3 is 2.84 bits per heavy atom. The van der Waals surface area contributed by atoms with E-state index < -0.39 is 0 Å². The van der Waals surface area contributed by atoms with E-state index in [9.17, 15) is 9.59 Å². The summed E-state index contributed by atoms with van der Waals surface area (Å²) in [7, 11) is 0. The molecule has 0 bridgehead atoms. The fourth-order valence-corrected chi connectivity index (χ4v) is 4.96. The molecule has 1 saturated heterocycles. The van der Waals surface area contributed by atoms with Gasteiger partial charge in [-0.15, -0.1) is 11.3 Å². The number of carbonyl (C=O) groups is 2. The molecule has 2 amide bonds. The van der Waals surface area contributed by atoms with E-state index in [1.807, 2.05) is 18.2 Å². The Kier molecular flexibility index (Phi) is 4.57. The molecule has 0 unspecified atom stereocenters. The number of carbonyl (C=O) groups excluding carboxylic acids is 2. The summed E-state index contributed by atoms with van der Waals surface area (Å²) < 4.78 is 0. The number of rotatable bonds is 3. The maximum atomic E-state index is 13.0. The van der Waals surface area contributed by atoms with E-state index in [1.165, 1.54) is 23.1 Å². The lowest BCUT2D eigenvalue weighted by atomic mass is 9.93. The predicted octanol–water partition coefficient (Wildman–Crippen LogP) is 2.81. The number of fused-ring (bicyclic) bond motifs is 1. The SMILES string of the molecule is O=C1CN(C(=O)c2scc3c2CCCC3)C[C@H](Cc2ccccc2)N1. The van der Waals surface area contributed by atoms with Crippen LogP contribution in [0.15, 0.2) is 35.7 Å². The maximum absolute atomic E-state index is 13.0. The third-order valence-electron chi connectivity index (χ3n) is 5.05. The molecule has 130 valence electrons. The van der Waals surface area contributed by atoms with Gasteiger partial charge in [0, 0.05) is 6.54 Å². The van der Waals surface area contributed by atoms with E-state index >= 15 is 0 Å². The third kappa shape index (κ3) is 3.47. The van der Waals surface area contributed by atoms with Gasteiger partial charge in [0.2, 0.25) is 5.91 Å². The van der Waals surface area contributed by atoms with Crippen LogP contribution in [0.5, 0.6) is 0 Å². The summed E-state index contributed by atoms with van der Waals surface area (Å²) in [6.45, 7) is 0.739. The van der Waals surface area contributed by atoms with Crippen LogP contribution in [0.1, 0.15) is 39.2 Å². The lowest BCUT2D eigenvalue weighted by Gasteiger charge is -2.33. The molecule has 1 aromatic carbocycles. The summed E-state index contributed by atoms with van der Waals surface area (Å²) in [6, 6.07) is 10.1. The largest absolute Gasteiger partial charge is 0.350 e. The highest BCUT2D eigenvalue weighted by atomic mass is 32.1. The zero-order valence-corrected chi connectivity index (χ0v) is 15.0. The van der Waals surface area contributed by atoms with Crippen molar-refractivity contribution in [3.05, 3.63) is 57.3 Å². The van der Waals surface area contributed by atoms with Crippen molar-refractivity contribution in [2.45, 2.75) is 38.1 Å². The highest BCUT2D eigenvalue weighted by Gasteiger charge is 2.31. The summed E-state index contributed by atoms with van der Waals surface area (Å²) in [5.74, 6) is -0.0352. The molecule has 2 aliphatic rings. The molecule has 25 heavy (non-hydrogen) atoms. The summed E-state index contributed by atoms with van der Waals surface area (Å²) in [4.78, 5) is 27.7. The van der Waals surface area contributed by atoms with E-state index in [2.05, 4.69) is 22.8 Å². The Balaban J connectivity index is 1.50. The van der Waals surface area contributed by atoms with Crippen molar-refractivity contribution in [1.82, 2.24) is 10.2 Å². The van der Waals surface area contributed by atoms with Gasteiger partial charge in [-0.05, 0) is 54.2 Å². The van der Waals surface area contributed by atoms with Crippen LogP contribution >= 0.6 is 11.3 Å². The predicted molar refractivity (Wildman–Crippen MR) is 98.9 cm³/mol. The zero-order valence-electron chi connectivity index (χ0n) is 14.2. The van der Waals surface area contributed by atoms with Gasteiger partial charge in [0.1, 0.15) is 0 Å². The first-order valence-electron chi connectivity index (χ1n) is 8.92. The molecule has 1 atom stereocenters. The molecule has 2 heterocycles. The summed E-state index contributed by atoms with van der Waals surface area (Å²) in [5, 5.41) is 5.16. The first-order valence-corrected chi connectivity index (χ1v) is 9.80. The molecule has 2 aromatic rings. The molecule has 4 rings (SSSR count). The van der Waals surface area contributed by atoms with E-state index in [0.717, 1.165) is 30.6 Å². The van der Waals surface area contributed by atoms with E-state index in [0.29, 0.717) is 6.54 Å². The highest BCUT2D eigenvalue weighted by molar-refractivity contribution is 7.12. The van der Waals surface area contributed by atoms with Crippen LogP contribution < -0.4 is 5.32 Å². The summed E-state index contributed by atoms with van der Waals surface area (Å²) in [5.41, 5.74) is 3.74. The number of nitrogens with one attached hydrogen (secondary N) is 1. The lowest BCUT2D eigenvalue weighted by molar-refractivity contribution is -0.124. The standard InChI is InChI=1S/C20H22N2O2S/c23-18-12-22(11-16(21-18)10-14-6-2-1-3-7-14)20(24)19-17-9-5-4-8-15(17)13-25-19/h1-3,6-7,13,16H,4-5,8-12H2,(H,21,23)/t16-/m0/s1. The van der Waals surface area contributed by atoms with Crippen LogP contribution in [-0.2, 0) is 24.1 Å². The Labute approximate surface area is 151 Å². The summed E-state index contributed by atoms with van der Waals surface area (Å²) in [6.07, 6.45) is 5.19. The lowest BCUT2D eigenvalue weighted by Crippen LogP contribution is -2.56. The number of thiophene rings is 1. The Hall–Kier alpha value is -2.14. The molecule has 0 spiro atoms. The number of nitrogens with zero attached hydrogens (tertiary/aromatic N) is 1. The van der Waals surface area contributed by atoms with Crippen molar-refractivity contribution in [2.75, 3.05) is 13.1 Å². The van der Waals surface area contributed by atoms with E-state index in [4.69, 9.17) is 0 Å². The minimum Gasteiger partial charge on any atom is -0.350 e. The minimum atomic E-state index is -0.0639. The molecule has 1 aromatic heterocycles. The molecule has 0 saturated carbocycles. The van der Waals surface area contributed by atoms with Gasteiger partial charge in [-0.25, -0.2) is 0 Å². The van der Waals surface area contributed by atoms with Crippen LogP contribution in [0.3, 0.4) is 0 Å². The van der Waals surface area contributed by atoms with E-state index in [1.54, 1.807) is 16.2 Å². The van der Waals surface area contributed by atoms with Crippen molar-refractivity contribution >= 4 is 23.2 Å². The van der Waals surface area contributed by atoms with Crippen molar-refractivity contribution < 1.29 is 9.59 Å². The van der Waals surface area contributed by atoms with Crippen LogP contribution in [0, 0.1) is 0 Å². The van der Waals surface area contributed by atoms with Crippen LogP contribution in [0.4, 0.5) is 0 Å². The average Bonchev–Trinajstić information content (AvgIpc) is 3.05.